The molecule has 1 aliphatic rings. The van der Waals surface area contributed by atoms with Crippen molar-refractivity contribution in [3.63, 3.8) is 0 Å². The van der Waals surface area contributed by atoms with E-state index in [1.165, 1.54) is 19.3 Å². The Labute approximate surface area is 119 Å². The van der Waals surface area contributed by atoms with Crippen LogP contribution < -0.4 is 5.32 Å². The minimum atomic E-state index is -1.28. The summed E-state index contributed by atoms with van der Waals surface area (Å²) in [7, 11) is 0. The highest BCUT2D eigenvalue weighted by atomic mass is 16.5. The van der Waals surface area contributed by atoms with Crippen molar-refractivity contribution in [2.24, 2.45) is 5.92 Å². The number of nitrogens with one attached hydrogen (secondary N) is 1. The number of carbonyl (C=O) groups is 2. The van der Waals surface area contributed by atoms with Crippen molar-refractivity contribution in [2.45, 2.75) is 25.3 Å². The fourth-order valence-electron chi connectivity index (χ4n) is 2.21. The van der Waals surface area contributed by atoms with E-state index in [9.17, 15) is 14.7 Å². The zero-order valence-electron chi connectivity index (χ0n) is 11.3. The summed E-state index contributed by atoms with van der Waals surface area (Å²) < 4.78 is 10.2. The fraction of sp³-hybridized carbons (Fsp3) is 0.357. The van der Waals surface area contributed by atoms with Crippen molar-refractivity contribution in [1.29, 1.82) is 0 Å². The molecular weight excluding hydrogens is 276 g/mol. The van der Waals surface area contributed by atoms with Gasteiger partial charge < -0.3 is 19.4 Å². The summed E-state index contributed by atoms with van der Waals surface area (Å²) in [6.07, 6.45) is 3.06. The van der Waals surface area contributed by atoms with E-state index in [2.05, 4.69) is 10.5 Å². The lowest BCUT2D eigenvalue weighted by Crippen LogP contribution is -2.54. The Kier molecular flexibility index (Phi) is 3.04. The molecule has 0 radical (unpaired) electrons. The molecule has 21 heavy (non-hydrogen) atoms. The average Bonchev–Trinajstić information content (AvgIpc) is 2.97. The molecule has 1 amide bonds. The Morgan fingerprint density at radius 2 is 2.19 bits per heavy atom. The van der Waals surface area contributed by atoms with Crippen LogP contribution in [-0.4, -0.2) is 27.7 Å². The minimum absolute atomic E-state index is 0.0227. The number of aromatic nitrogens is 1. The Morgan fingerprint density at radius 3 is 2.76 bits per heavy atom. The van der Waals surface area contributed by atoms with E-state index in [0.717, 1.165) is 12.8 Å². The molecule has 1 unspecified atom stereocenters. The molecule has 110 valence electrons. The van der Waals surface area contributed by atoms with Gasteiger partial charge in [-0.05, 0) is 37.8 Å². The lowest BCUT2D eigenvalue weighted by Gasteiger charge is -2.25. The predicted octanol–water partition coefficient (Wildman–Crippen LogP) is 1.92. The number of furan rings is 1. The second-order valence-electron chi connectivity index (χ2n) is 5.29. The maximum Gasteiger partial charge on any atom is 0.329 e. The predicted molar refractivity (Wildman–Crippen MR) is 70.4 cm³/mol. The van der Waals surface area contributed by atoms with Gasteiger partial charge in [-0.25, -0.2) is 4.79 Å². The number of nitrogens with zero attached hydrogens (tertiary/aromatic N) is 1. The summed E-state index contributed by atoms with van der Waals surface area (Å²) >= 11 is 0. The molecule has 1 fully saturated rings. The quantitative estimate of drug-likeness (QED) is 0.871. The van der Waals surface area contributed by atoms with E-state index in [1.807, 2.05) is 0 Å². The molecule has 0 bridgehead atoms. The number of hydrogen-bond donors (Lipinski definition) is 2. The van der Waals surface area contributed by atoms with Gasteiger partial charge in [0, 0.05) is 6.07 Å². The second-order valence-corrected chi connectivity index (χ2v) is 5.29. The summed E-state index contributed by atoms with van der Waals surface area (Å²) in [6.45, 7) is 1.51. The molecule has 7 nitrogen and oxygen atoms in total. The molecule has 1 aliphatic carbocycles. The summed E-state index contributed by atoms with van der Waals surface area (Å²) in [5.74, 6) is -0.907. The van der Waals surface area contributed by atoms with Crippen LogP contribution in [-0.2, 0) is 4.79 Å². The van der Waals surface area contributed by atoms with Crippen LogP contribution >= 0.6 is 0 Å². The van der Waals surface area contributed by atoms with Gasteiger partial charge in [0.2, 0.25) is 5.76 Å². The number of carboxylic acids is 1. The van der Waals surface area contributed by atoms with Crippen LogP contribution in [0, 0.1) is 5.92 Å². The maximum atomic E-state index is 12.2. The molecule has 2 heterocycles. The lowest BCUT2D eigenvalue weighted by atomic mass is 9.96. The molecule has 2 aromatic heterocycles. The Bertz CT molecular complexity index is 671. The van der Waals surface area contributed by atoms with Crippen LogP contribution in [0.1, 0.15) is 30.3 Å². The lowest BCUT2D eigenvalue weighted by molar-refractivity contribution is -0.144. The van der Waals surface area contributed by atoms with Crippen LogP contribution in [0.5, 0.6) is 0 Å². The first-order chi connectivity index (χ1) is 10.0. The molecule has 0 aromatic carbocycles. The first kappa shape index (κ1) is 13.4. The summed E-state index contributed by atoms with van der Waals surface area (Å²) in [5.41, 5.74) is -1.25. The third-order valence-electron chi connectivity index (χ3n) is 3.72. The van der Waals surface area contributed by atoms with Crippen molar-refractivity contribution < 1.29 is 23.6 Å². The SMILES string of the molecule is CC(NC(=O)c1cc(-c2ccco2)on1)(C(=O)O)C1CC1. The first-order valence-corrected chi connectivity index (χ1v) is 6.57. The topological polar surface area (TPSA) is 106 Å². The third kappa shape index (κ3) is 2.42. The summed E-state index contributed by atoms with van der Waals surface area (Å²) in [5, 5.41) is 15.5. The number of amides is 1. The van der Waals surface area contributed by atoms with Crippen molar-refractivity contribution in [1.82, 2.24) is 10.5 Å². The van der Waals surface area contributed by atoms with Crippen molar-refractivity contribution in [3.8, 4) is 11.5 Å². The molecule has 2 aromatic rings. The number of carboxylic acid groups (broad SMARTS) is 1. The van der Waals surface area contributed by atoms with Gasteiger partial charge in [0.05, 0.1) is 6.26 Å². The number of rotatable bonds is 5. The molecular formula is C14H14N2O5. The van der Waals surface area contributed by atoms with Crippen LogP contribution in [0.15, 0.2) is 33.4 Å². The van der Waals surface area contributed by atoms with Crippen LogP contribution in [0.4, 0.5) is 0 Å². The minimum Gasteiger partial charge on any atom is -0.480 e. The normalized spacial score (nSPS) is 17.2. The van der Waals surface area contributed by atoms with Gasteiger partial charge in [0.1, 0.15) is 5.54 Å². The van der Waals surface area contributed by atoms with E-state index in [0.29, 0.717) is 11.5 Å². The zero-order valence-corrected chi connectivity index (χ0v) is 11.3. The average molecular weight is 290 g/mol. The summed E-state index contributed by atoms with van der Waals surface area (Å²) in [6, 6.07) is 4.78. The van der Waals surface area contributed by atoms with Gasteiger partial charge in [-0.15, -0.1) is 0 Å². The number of carbonyl (C=O) groups excluding carboxylic acids is 1. The fourth-order valence-corrected chi connectivity index (χ4v) is 2.21. The molecule has 0 spiro atoms. The Hall–Kier alpha value is -2.57. The number of hydrogen-bond acceptors (Lipinski definition) is 5. The van der Waals surface area contributed by atoms with E-state index < -0.39 is 17.4 Å². The molecule has 3 rings (SSSR count). The van der Waals surface area contributed by atoms with Crippen molar-refractivity contribution in [3.05, 3.63) is 30.2 Å². The first-order valence-electron chi connectivity index (χ1n) is 6.57. The van der Waals surface area contributed by atoms with Gasteiger partial charge in [-0.3, -0.25) is 4.79 Å². The Morgan fingerprint density at radius 1 is 1.43 bits per heavy atom. The van der Waals surface area contributed by atoms with E-state index >= 15 is 0 Å². The van der Waals surface area contributed by atoms with Crippen LogP contribution in [0.3, 0.4) is 0 Å². The van der Waals surface area contributed by atoms with E-state index in [-0.39, 0.29) is 11.6 Å². The molecule has 1 saturated carbocycles. The highest BCUT2D eigenvalue weighted by Crippen LogP contribution is 2.39. The smallest absolute Gasteiger partial charge is 0.329 e. The monoisotopic (exact) mass is 290 g/mol. The van der Waals surface area contributed by atoms with E-state index in [1.54, 1.807) is 12.1 Å². The second kappa shape index (κ2) is 4.76. The molecule has 1 atom stereocenters. The highest BCUT2D eigenvalue weighted by molar-refractivity contribution is 5.97. The third-order valence-corrected chi connectivity index (χ3v) is 3.72. The highest BCUT2D eigenvalue weighted by Gasteiger charge is 2.48. The maximum absolute atomic E-state index is 12.2. The standard InChI is InChI=1S/C14H14N2O5/c1-14(13(18)19,8-4-5-8)15-12(17)9-7-11(21-16-9)10-3-2-6-20-10/h2-3,6-8H,4-5H2,1H3,(H,15,17)(H,18,19). The summed E-state index contributed by atoms with van der Waals surface area (Å²) in [4.78, 5) is 23.5. The van der Waals surface area contributed by atoms with E-state index in [4.69, 9.17) is 8.94 Å². The molecule has 0 saturated heterocycles. The van der Waals surface area contributed by atoms with Gasteiger partial charge in [0.25, 0.3) is 5.91 Å². The van der Waals surface area contributed by atoms with Gasteiger partial charge in [-0.1, -0.05) is 5.16 Å². The number of aliphatic carboxylic acids is 1. The molecule has 2 N–H and O–H groups in total. The Balaban J connectivity index is 1.78. The van der Waals surface area contributed by atoms with Crippen LogP contribution in [0.2, 0.25) is 0 Å². The van der Waals surface area contributed by atoms with Crippen molar-refractivity contribution >= 4 is 11.9 Å². The van der Waals surface area contributed by atoms with Crippen LogP contribution in [0.25, 0.3) is 11.5 Å². The molecule has 7 heteroatoms. The van der Waals surface area contributed by atoms with Gasteiger partial charge >= 0.3 is 5.97 Å². The van der Waals surface area contributed by atoms with Crippen molar-refractivity contribution in [2.75, 3.05) is 0 Å². The van der Waals surface area contributed by atoms with Gasteiger partial charge in [-0.2, -0.15) is 0 Å². The zero-order chi connectivity index (χ0) is 15.0. The molecule has 0 aliphatic heterocycles. The largest absolute Gasteiger partial charge is 0.480 e. The van der Waals surface area contributed by atoms with Gasteiger partial charge in [0.15, 0.2) is 11.5 Å².